The molecule has 29 heavy (non-hydrogen) atoms. The Hall–Kier alpha value is -2.65. The number of hydrogen-bond donors (Lipinski definition) is 1. The van der Waals surface area contributed by atoms with Gasteiger partial charge in [0.05, 0.1) is 23.2 Å². The van der Waals surface area contributed by atoms with Crippen molar-refractivity contribution in [3.05, 3.63) is 82.5 Å². The van der Waals surface area contributed by atoms with Crippen LogP contribution in [0.5, 0.6) is 0 Å². The molecule has 1 aromatic heterocycles. The number of hydrogen-bond acceptors (Lipinski definition) is 5. The van der Waals surface area contributed by atoms with Gasteiger partial charge in [0, 0.05) is 6.26 Å². The number of nitrogens with one attached hydrogen (secondary N) is 1. The van der Waals surface area contributed by atoms with Gasteiger partial charge in [-0.2, -0.15) is 0 Å². The van der Waals surface area contributed by atoms with Crippen molar-refractivity contribution in [2.45, 2.75) is 17.2 Å². The second kappa shape index (κ2) is 8.79. The Morgan fingerprint density at radius 2 is 1.72 bits per heavy atom. The number of nitrogens with zero attached hydrogens (tertiary/aromatic N) is 2. The summed E-state index contributed by atoms with van der Waals surface area (Å²) in [5, 5.41) is 2.72. The highest BCUT2D eigenvalue weighted by atomic mass is 79.9. The Kier molecular flexibility index (Phi) is 6.39. The van der Waals surface area contributed by atoms with Crippen molar-refractivity contribution in [3.8, 4) is 0 Å². The third kappa shape index (κ3) is 5.68. The van der Waals surface area contributed by atoms with Crippen LogP contribution in [0.25, 0.3) is 0 Å². The lowest BCUT2D eigenvalue weighted by Gasteiger charge is -2.17. The van der Waals surface area contributed by atoms with Crippen LogP contribution >= 0.6 is 15.9 Å². The van der Waals surface area contributed by atoms with Crippen molar-refractivity contribution in [1.82, 2.24) is 9.97 Å². The minimum atomic E-state index is -3.35. The maximum absolute atomic E-state index is 13.2. The van der Waals surface area contributed by atoms with Crippen molar-refractivity contribution >= 4 is 37.5 Å². The summed E-state index contributed by atoms with van der Waals surface area (Å²) in [6.45, 7) is 0. The van der Waals surface area contributed by atoms with Crippen LogP contribution in [0.3, 0.4) is 0 Å². The molecule has 0 spiro atoms. The first-order valence-electron chi connectivity index (χ1n) is 8.55. The van der Waals surface area contributed by atoms with Gasteiger partial charge in [-0.15, -0.1) is 0 Å². The molecule has 0 fully saturated rings. The number of benzene rings is 2. The van der Waals surface area contributed by atoms with E-state index in [0.29, 0.717) is 16.6 Å². The zero-order valence-corrected chi connectivity index (χ0v) is 17.7. The molecule has 1 amide bonds. The number of halogens is 2. The van der Waals surface area contributed by atoms with Gasteiger partial charge in [0.15, 0.2) is 15.7 Å². The summed E-state index contributed by atoms with van der Waals surface area (Å²) in [7, 11) is -3.35. The second-order valence-corrected chi connectivity index (χ2v) is 9.27. The van der Waals surface area contributed by atoms with Gasteiger partial charge in [0.2, 0.25) is 5.91 Å². The Balaban J connectivity index is 1.90. The molecule has 0 saturated heterocycles. The first-order chi connectivity index (χ1) is 13.7. The molecule has 0 aliphatic heterocycles. The molecule has 1 atom stereocenters. The number of aromatic nitrogens is 2. The van der Waals surface area contributed by atoms with Crippen LogP contribution in [0.15, 0.2) is 70.4 Å². The van der Waals surface area contributed by atoms with Gasteiger partial charge >= 0.3 is 0 Å². The Morgan fingerprint density at radius 3 is 2.28 bits per heavy atom. The third-order valence-electron chi connectivity index (χ3n) is 4.25. The van der Waals surface area contributed by atoms with Crippen LogP contribution in [0.4, 0.5) is 10.2 Å². The maximum atomic E-state index is 13.2. The van der Waals surface area contributed by atoms with Crippen molar-refractivity contribution in [3.63, 3.8) is 0 Å². The van der Waals surface area contributed by atoms with E-state index in [4.69, 9.17) is 0 Å². The van der Waals surface area contributed by atoms with E-state index in [1.165, 1.54) is 36.7 Å². The fraction of sp³-hybridized carbons (Fsp3) is 0.150. The standard InChI is InChI=1S/C20H17BrFN3O3S/c1-29(27,28)16-8-4-14(5-9-16)17(10-13-2-6-15(22)7-3-13)20(26)25-19-12-23-18(21)11-24-19/h2-9,11-12,17H,10H2,1H3,(H,24,25,26). The fourth-order valence-corrected chi connectivity index (χ4v) is 3.59. The van der Waals surface area contributed by atoms with Gasteiger partial charge in [0.1, 0.15) is 10.4 Å². The molecule has 0 bridgehead atoms. The zero-order chi connectivity index (χ0) is 21.0. The normalized spacial score (nSPS) is 12.4. The number of sulfone groups is 1. The second-order valence-electron chi connectivity index (χ2n) is 6.44. The van der Waals surface area contributed by atoms with Gasteiger partial charge in [0.25, 0.3) is 0 Å². The maximum Gasteiger partial charge on any atom is 0.233 e. The zero-order valence-electron chi connectivity index (χ0n) is 15.3. The highest BCUT2D eigenvalue weighted by Gasteiger charge is 2.22. The summed E-state index contributed by atoms with van der Waals surface area (Å²) in [5.74, 6) is -1.05. The van der Waals surface area contributed by atoms with Gasteiger partial charge < -0.3 is 5.32 Å². The van der Waals surface area contributed by atoms with Crippen LogP contribution < -0.4 is 5.32 Å². The van der Waals surface area contributed by atoms with E-state index in [9.17, 15) is 17.6 Å². The Bertz CT molecular complexity index is 1100. The van der Waals surface area contributed by atoms with Crippen LogP contribution in [-0.2, 0) is 21.1 Å². The van der Waals surface area contributed by atoms with Crippen LogP contribution in [0.1, 0.15) is 17.0 Å². The molecule has 9 heteroatoms. The lowest BCUT2D eigenvalue weighted by molar-refractivity contribution is -0.117. The lowest BCUT2D eigenvalue weighted by Crippen LogP contribution is -2.23. The highest BCUT2D eigenvalue weighted by Crippen LogP contribution is 2.25. The molecular weight excluding hydrogens is 461 g/mol. The van der Waals surface area contributed by atoms with E-state index < -0.39 is 15.8 Å². The van der Waals surface area contributed by atoms with Crippen LogP contribution in [0.2, 0.25) is 0 Å². The fourth-order valence-electron chi connectivity index (χ4n) is 2.76. The molecule has 3 aromatic rings. The SMILES string of the molecule is CS(=O)(=O)c1ccc(C(Cc2ccc(F)cc2)C(=O)Nc2cnc(Br)cn2)cc1. The summed E-state index contributed by atoms with van der Waals surface area (Å²) in [6.07, 6.45) is 4.31. The molecule has 1 unspecified atom stereocenters. The minimum Gasteiger partial charge on any atom is -0.309 e. The average Bonchev–Trinajstić information content (AvgIpc) is 2.68. The number of carbonyl (C=O) groups is 1. The highest BCUT2D eigenvalue weighted by molar-refractivity contribution is 9.10. The first kappa shape index (κ1) is 21.1. The molecule has 150 valence electrons. The predicted octanol–water partition coefficient (Wildman–Crippen LogP) is 3.75. The molecule has 2 aromatic carbocycles. The van der Waals surface area contributed by atoms with Crippen LogP contribution in [0, 0.1) is 5.82 Å². The molecule has 6 nitrogen and oxygen atoms in total. The third-order valence-corrected chi connectivity index (χ3v) is 5.79. The largest absolute Gasteiger partial charge is 0.309 e. The molecule has 0 aliphatic carbocycles. The van der Waals surface area contributed by atoms with Crippen molar-refractivity contribution in [2.75, 3.05) is 11.6 Å². The minimum absolute atomic E-state index is 0.168. The monoisotopic (exact) mass is 477 g/mol. The number of anilines is 1. The molecule has 0 radical (unpaired) electrons. The topological polar surface area (TPSA) is 89.0 Å². The quantitative estimate of drug-likeness (QED) is 0.583. The molecule has 0 saturated carbocycles. The first-order valence-corrected chi connectivity index (χ1v) is 11.2. The van der Waals surface area contributed by atoms with E-state index in [1.807, 2.05) is 0 Å². The van der Waals surface area contributed by atoms with Gasteiger partial charge in [-0.3, -0.25) is 4.79 Å². The summed E-state index contributed by atoms with van der Waals surface area (Å²) < 4.78 is 37.2. The lowest BCUT2D eigenvalue weighted by atomic mass is 9.91. The van der Waals surface area contributed by atoms with Gasteiger partial charge in [-0.1, -0.05) is 24.3 Å². The van der Waals surface area contributed by atoms with E-state index in [2.05, 4.69) is 31.2 Å². The number of rotatable bonds is 6. The van der Waals surface area contributed by atoms with Gasteiger partial charge in [-0.25, -0.2) is 22.8 Å². The predicted molar refractivity (Wildman–Crippen MR) is 111 cm³/mol. The summed E-state index contributed by atoms with van der Waals surface area (Å²) in [4.78, 5) is 21.3. The molecule has 0 aliphatic rings. The molecule has 1 heterocycles. The smallest absolute Gasteiger partial charge is 0.233 e. The number of amides is 1. The Labute approximate surface area is 176 Å². The number of carbonyl (C=O) groups excluding carboxylic acids is 1. The van der Waals surface area contributed by atoms with E-state index in [0.717, 1.165) is 11.8 Å². The van der Waals surface area contributed by atoms with Crippen molar-refractivity contribution in [1.29, 1.82) is 0 Å². The summed E-state index contributed by atoms with van der Waals surface area (Å²) in [6, 6.07) is 12.0. The van der Waals surface area contributed by atoms with Crippen molar-refractivity contribution in [2.24, 2.45) is 0 Å². The summed E-state index contributed by atoms with van der Waals surface area (Å²) >= 11 is 3.18. The average molecular weight is 478 g/mol. The van der Waals surface area contributed by atoms with E-state index in [1.54, 1.807) is 24.3 Å². The van der Waals surface area contributed by atoms with E-state index >= 15 is 0 Å². The van der Waals surface area contributed by atoms with Crippen molar-refractivity contribution < 1.29 is 17.6 Å². The van der Waals surface area contributed by atoms with Gasteiger partial charge in [-0.05, 0) is 57.7 Å². The Morgan fingerprint density at radius 1 is 1.07 bits per heavy atom. The van der Waals surface area contributed by atoms with Crippen LogP contribution in [-0.4, -0.2) is 30.5 Å². The molecular formula is C20H17BrFN3O3S. The molecule has 3 rings (SSSR count). The molecule has 1 N–H and O–H groups in total. The van der Waals surface area contributed by atoms with E-state index in [-0.39, 0.29) is 22.4 Å². The summed E-state index contributed by atoms with van der Waals surface area (Å²) in [5.41, 5.74) is 1.39.